The maximum Gasteiger partial charge on any atom is 0.289 e. The van der Waals surface area contributed by atoms with E-state index in [9.17, 15) is 4.79 Å². The highest BCUT2D eigenvalue weighted by Crippen LogP contribution is 2.26. The van der Waals surface area contributed by atoms with Gasteiger partial charge in [0.15, 0.2) is 5.89 Å². The van der Waals surface area contributed by atoms with Crippen LogP contribution in [0.4, 0.5) is 0 Å². The number of aromatic nitrogens is 2. The lowest BCUT2D eigenvalue weighted by Crippen LogP contribution is -2.25. The highest BCUT2D eigenvalue weighted by molar-refractivity contribution is 7.11. The number of rotatable bonds is 4. The van der Waals surface area contributed by atoms with E-state index in [2.05, 4.69) is 15.3 Å². The van der Waals surface area contributed by atoms with Crippen LogP contribution in [-0.4, -0.2) is 22.4 Å². The third-order valence-electron chi connectivity index (χ3n) is 3.62. The van der Waals surface area contributed by atoms with Gasteiger partial charge in [0.25, 0.3) is 5.91 Å². The van der Waals surface area contributed by atoms with Crippen molar-refractivity contribution in [3.8, 4) is 0 Å². The third-order valence-corrected chi connectivity index (χ3v) is 4.84. The molecule has 0 saturated heterocycles. The van der Waals surface area contributed by atoms with Crippen LogP contribution in [0.3, 0.4) is 0 Å². The van der Waals surface area contributed by atoms with Crippen LogP contribution in [0.2, 0.25) is 0 Å². The summed E-state index contributed by atoms with van der Waals surface area (Å²) in [5, 5.41) is 3.99. The fourth-order valence-corrected chi connectivity index (χ4v) is 3.77. The molecule has 0 saturated carbocycles. The number of hydrogen-bond donors (Lipinski definition) is 1. The minimum atomic E-state index is -0.200. The molecule has 0 aromatic carbocycles. The fraction of sp³-hybridized carbons (Fsp3) is 0.533. The van der Waals surface area contributed by atoms with Crippen LogP contribution in [0, 0.1) is 13.8 Å². The van der Waals surface area contributed by atoms with Crippen molar-refractivity contribution < 1.29 is 9.21 Å². The van der Waals surface area contributed by atoms with Crippen LogP contribution >= 0.6 is 11.3 Å². The van der Waals surface area contributed by atoms with Gasteiger partial charge in [0.2, 0.25) is 5.76 Å². The van der Waals surface area contributed by atoms with Gasteiger partial charge in [-0.1, -0.05) is 0 Å². The molecule has 2 heterocycles. The number of aryl methyl sites for hydroxylation is 4. The molecule has 0 atom stereocenters. The molecule has 2 aromatic rings. The summed E-state index contributed by atoms with van der Waals surface area (Å²) in [6.07, 6.45) is 5.56. The molecular weight excluding hydrogens is 286 g/mol. The maximum absolute atomic E-state index is 12.0. The van der Waals surface area contributed by atoms with Gasteiger partial charge < -0.3 is 9.73 Å². The number of nitrogens with zero attached hydrogens (tertiary/aromatic N) is 2. The van der Waals surface area contributed by atoms with Gasteiger partial charge in [-0.2, -0.15) is 0 Å². The molecule has 3 rings (SSSR count). The summed E-state index contributed by atoms with van der Waals surface area (Å²) < 4.78 is 5.31. The molecule has 1 aliphatic rings. The molecule has 1 N–H and O–H groups in total. The van der Waals surface area contributed by atoms with Gasteiger partial charge >= 0.3 is 0 Å². The Labute approximate surface area is 127 Å². The lowest BCUT2D eigenvalue weighted by molar-refractivity contribution is 0.0924. The van der Waals surface area contributed by atoms with E-state index in [-0.39, 0.29) is 5.91 Å². The van der Waals surface area contributed by atoms with E-state index in [0.717, 1.165) is 24.3 Å². The Morgan fingerprint density at radius 1 is 1.29 bits per heavy atom. The quantitative estimate of drug-likeness (QED) is 0.942. The summed E-state index contributed by atoms with van der Waals surface area (Å²) in [6.45, 7) is 4.09. The highest BCUT2D eigenvalue weighted by atomic mass is 32.1. The van der Waals surface area contributed by atoms with Crippen LogP contribution in [0.25, 0.3) is 0 Å². The van der Waals surface area contributed by atoms with E-state index < -0.39 is 0 Å². The molecule has 2 aromatic heterocycles. The first kappa shape index (κ1) is 14.3. The zero-order valence-corrected chi connectivity index (χ0v) is 13.2. The van der Waals surface area contributed by atoms with Crippen molar-refractivity contribution >= 4 is 17.2 Å². The predicted octanol–water partition coefficient (Wildman–Crippen LogP) is 2.60. The number of oxazole rings is 1. The van der Waals surface area contributed by atoms with Crippen molar-refractivity contribution in [3.05, 3.63) is 32.9 Å². The Morgan fingerprint density at radius 3 is 2.81 bits per heavy atom. The molecule has 6 heteroatoms. The summed E-state index contributed by atoms with van der Waals surface area (Å²) in [4.78, 5) is 22.2. The lowest BCUT2D eigenvalue weighted by Gasteiger charge is -2.06. The van der Waals surface area contributed by atoms with Gasteiger partial charge in [-0.15, -0.1) is 11.3 Å². The second-order valence-electron chi connectivity index (χ2n) is 5.34. The standard InChI is InChI=1S/C15H19N3O2S/c1-9-14(20-10(2)17-9)15(19)16-8-7-13-18-11-5-3-4-6-12(11)21-13/h3-8H2,1-2H3,(H,16,19). The molecule has 0 unspecified atom stereocenters. The van der Waals surface area contributed by atoms with Crippen LogP contribution in [0.15, 0.2) is 4.42 Å². The summed E-state index contributed by atoms with van der Waals surface area (Å²) in [7, 11) is 0. The zero-order chi connectivity index (χ0) is 14.8. The molecular formula is C15H19N3O2S. The Morgan fingerprint density at radius 2 is 2.10 bits per heavy atom. The number of hydrogen-bond acceptors (Lipinski definition) is 5. The Hall–Kier alpha value is -1.69. The topological polar surface area (TPSA) is 68.0 Å². The van der Waals surface area contributed by atoms with E-state index in [1.54, 1.807) is 25.2 Å². The predicted molar refractivity (Wildman–Crippen MR) is 80.8 cm³/mol. The Balaban J connectivity index is 1.55. The number of carbonyl (C=O) groups excluding carboxylic acids is 1. The fourth-order valence-electron chi connectivity index (χ4n) is 2.62. The molecule has 112 valence electrons. The monoisotopic (exact) mass is 305 g/mol. The van der Waals surface area contributed by atoms with Crippen molar-refractivity contribution in [2.24, 2.45) is 0 Å². The summed E-state index contributed by atoms with van der Waals surface area (Å²) in [6, 6.07) is 0. The minimum absolute atomic E-state index is 0.200. The second-order valence-corrected chi connectivity index (χ2v) is 6.51. The van der Waals surface area contributed by atoms with Gasteiger partial charge in [0, 0.05) is 24.8 Å². The normalized spacial score (nSPS) is 14.0. The van der Waals surface area contributed by atoms with Crippen molar-refractivity contribution in [1.82, 2.24) is 15.3 Å². The first-order valence-electron chi connectivity index (χ1n) is 7.33. The summed E-state index contributed by atoms with van der Waals surface area (Å²) in [5.41, 5.74) is 1.91. The van der Waals surface area contributed by atoms with Gasteiger partial charge in [-0.3, -0.25) is 4.79 Å². The summed E-state index contributed by atoms with van der Waals surface area (Å²) in [5.74, 6) is 0.630. The van der Waals surface area contributed by atoms with Crippen LogP contribution < -0.4 is 5.32 Å². The molecule has 1 aliphatic carbocycles. The largest absolute Gasteiger partial charge is 0.436 e. The summed E-state index contributed by atoms with van der Waals surface area (Å²) >= 11 is 1.79. The van der Waals surface area contributed by atoms with Crippen molar-refractivity contribution in [2.45, 2.75) is 46.0 Å². The maximum atomic E-state index is 12.0. The second kappa shape index (κ2) is 5.97. The SMILES string of the molecule is Cc1nc(C)c(C(=O)NCCc2nc3c(s2)CCCC3)o1. The van der Waals surface area contributed by atoms with Crippen molar-refractivity contribution in [1.29, 1.82) is 0 Å². The van der Waals surface area contributed by atoms with E-state index in [1.165, 1.54) is 23.4 Å². The number of carbonyl (C=O) groups is 1. The molecule has 5 nitrogen and oxygen atoms in total. The number of fused-ring (bicyclic) bond motifs is 1. The number of amides is 1. The lowest BCUT2D eigenvalue weighted by atomic mass is 10.0. The van der Waals surface area contributed by atoms with Crippen LogP contribution in [-0.2, 0) is 19.3 Å². The molecule has 0 spiro atoms. The molecule has 0 radical (unpaired) electrons. The smallest absolute Gasteiger partial charge is 0.289 e. The van der Waals surface area contributed by atoms with Gasteiger partial charge in [-0.05, 0) is 32.6 Å². The first-order valence-corrected chi connectivity index (χ1v) is 8.15. The molecule has 21 heavy (non-hydrogen) atoms. The van der Waals surface area contributed by atoms with Crippen molar-refractivity contribution in [2.75, 3.05) is 6.54 Å². The van der Waals surface area contributed by atoms with Gasteiger partial charge in [0.1, 0.15) is 0 Å². The number of thiazole rings is 1. The minimum Gasteiger partial charge on any atom is -0.436 e. The van der Waals surface area contributed by atoms with E-state index in [0.29, 0.717) is 23.9 Å². The number of nitrogens with one attached hydrogen (secondary N) is 1. The first-order chi connectivity index (χ1) is 10.1. The molecule has 0 bridgehead atoms. The van der Waals surface area contributed by atoms with E-state index in [1.807, 2.05) is 0 Å². The van der Waals surface area contributed by atoms with Crippen LogP contribution in [0.5, 0.6) is 0 Å². The Bertz CT molecular complexity index is 636. The average Bonchev–Trinajstić information content (AvgIpc) is 3.01. The van der Waals surface area contributed by atoms with Crippen LogP contribution in [0.1, 0.15) is 50.6 Å². The highest BCUT2D eigenvalue weighted by Gasteiger charge is 2.17. The van der Waals surface area contributed by atoms with Gasteiger partial charge in [-0.25, -0.2) is 9.97 Å². The zero-order valence-electron chi connectivity index (χ0n) is 12.4. The third kappa shape index (κ3) is 3.15. The van der Waals surface area contributed by atoms with E-state index >= 15 is 0 Å². The van der Waals surface area contributed by atoms with E-state index in [4.69, 9.17) is 4.42 Å². The molecule has 1 amide bonds. The Kier molecular flexibility index (Phi) is 4.05. The molecule has 0 fully saturated rings. The molecule has 0 aliphatic heterocycles. The van der Waals surface area contributed by atoms with Gasteiger partial charge in [0.05, 0.1) is 16.4 Å². The average molecular weight is 305 g/mol. The van der Waals surface area contributed by atoms with Crippen molar-refractivity contribution in [3.63, 3.8) is 0 Å².